The van der Waals surface area contributed by atoms with Crippen LogP contribution in [0.2, 0.25) is 0 Å². The highest BCUT2D eigenvalue weighted by molar-refractivity contribution is 5.94. The Kier molecular flexibility index (Phi) is 7.41. The van der Waals surface area contributed by atoms with Crippen molar-refractivity contribution in [2.75, 3.05) is 13.7 Å². The molecule has 0 saturated carbocycles. The van der Waals surface area contributed by atoms with Gasteiger partial charge in [0.1, 0.15) is 0 Å². The summed E-state index contributed by atoms with van der Waals surface area (Å²) in [5.74, 6) is -0.146. The van der Waals surface area contributed by atoms with E-state index in [1.165, 1.54) is 25.3 Å². The van der Waals surface area contributed by atoms with Crippen LogP contribution in [-0.2, 0) is 0 Å². The molecule has 1 atom stereocenters. The fourth-order valence-electron chi connectivity index (χ4n) is 2.07. The highest BCUT2D eigenvalue weighted by atomic mass is 19.3. The van der Waals surface area contributed by atoms with E-state index in [1.54, 1.807) is 6.92 Å². The van der Waals surface area contributed by atoms with E-state index < -0.39 is 18.1 Å². The van der Waals surface area contributed by atoms with Gasteiger partial charge in [-0.1, -0.05) is 13.8 Å². The molecule has 1 rings (SSSR count). The molecule has 0 heterocycles. The van der Waals surface area contributed by atoms with Crippen LogP contribution in [0.25, 0.3) is 0 Å². The van der Waals surface area contributed by atoms with Crippen LogP contribution in [0.15, 0.2) is 18.2 Å². The zero-order valence-electron chi connectivity index (χ0n) is 14.4. The predicted octanol–water partition coefficient (Wildman–Crippen LogP) is 3.21. The molecule has 0 unspecified atom stereocenters. The molecule has 2 N–H and O–H groups in total. The molecule has 5 nitrogen and oxygen atoms in total. The Balaban J connectivity index is 2.74. The summed E-state index contributed by atoms with van der Waals surface area (Å²) >= 11 is 0. The van der Waals surface area contributed by atoms with E-state index in [-0.39, 0.29) is 23.6 Å². The smallest absolute Gasteiger partial charge is 0.387 e. The van der Waals surface area contributed by atoms with Gasteiger partial charge in [0, 0.05) is 12.1 Å². The van der Waals surface area contributed by atoms with E-state index in [2.05, 4.69) is 23.9 Å². The second-order valence-electron chi connectivity index (χ2n) is 6.36. The van der Waals surface area contributed by atoms with Crippen LogP contribution in [0.1, 0.15) is 44.0 Å². The Morgan fingerprint density at radius 3 is 2.54 bits per heavy atom. The molecule has 0 bridgehead atoms. The molecule has 0 aliphatic rings. The summed E-state index contributed by atoms with van der Waals surface area (Å²) in [5.41, 5.74) is -0.888. The Labute approximate surface area is 141 Å². The van der Waals surface area contributed by atoms with Gasteiger partial charge in [0.05, 0.1) is 12.7 Å². The number of hydrogen-bond acceptors (Lipinski definition) is 4. The number of rotatable bonds is 9. The van der Waals surface area contributed by atoms with Gasteiger partial charge in [0.25, 0.3) is 5.91 Å². The van der Waals surface area contributed by atoms with E-state index in [0.29, 0.717) is 12.3 Å². The molecule has 0 aliphatic heterocycles. The topological polar surface area (TPSA) is 67.8 Å². The van der Waals surface area contributed by atoms with Gasteiger partial charge in [0.2, 0.25) is 0 Å². The summed E-state index contributed by atoms with van der Waals surface area (Å²) in [6.45, 7) is 2.80. The van der Waals surface area contributed by atoms with Crippen molar-refractivity contribution in [3.05, 3.63) is 23.8 Å². The van der Waals surface area contributed by atoms with Crippen LogP contribution < -0.4 is 14.8 Å². The molecular formula is C17H25F2NO4. The summed E-state index contributed by atoms with van der Waals surface area (Å²) in [6.07, 6.45) is 1.38. The van der Waals surface area contributed by atoms with Gasteiger partial charge in [-0.2, -0.15) is 8.78 Å². The second-order valence-corrected chi connectivity index (χ2v) is 6.36. The Bertz CT molecular complexity index is 547. The largest absolute Gasteiger partial charge is 0.493 e. The fourth-order valence-corrected chi connectivity index (χ4v) is 2.07. The lowest BCUT2D eigenvalue weighted by Crippen LogP contribution is -2.40. The third-order valence-corrected chi connectivity index (χ3v) is 3.53. The number of benzene rings is 1. The number of ether oxygens (including phenoxy) is 2. The lowest BCUT2D eigenvalue weighted by molar-refractivity contribution is -0.0512. The Morgan fingerprint density at radius 1 is 1.33 bits per heavy atom. The van der Waals surface area contributed by atoms with E-state index in [1.807, 2.05) is 0 Å². The third kappa shape index (κ3) is 6.70. The summed E-state index contributed by atoms with van der Waals surface area (Å²) in [6, 6.07) is 4.00. The SMILES string of the molecule is COc1ccc(C(=O)NC[C@](C)(O)CCC(C)C)cc1OC(F)F. The Hall–Kier alpha value is -1.89. The average Bonchev–Trinajstić information content (AvgIpc) is 2.50. The molecule has 24 heavy (non-hydrogen) atoms. The minimum atomic E-state index is -3.02. The van der Waals surface area contributed by atoms with Gasteiger partial charge in [-0.15, -0.1) is 0 Å². The molecule has 0 radical (unpaired) electrons. The number of halogens is 2. The van der Waals surface area contributed by atoms with Crippen LogP contribution >= 0.6 is 0 Å². The first-order valence-corrected chi connectivity index (χ1v) is 7.78. The Morgan fingerprint density at radius 2 is 2.00 bits per heavy atom. The number of hydrogen-bond donors (Lipinski definition) is 2. The van der Waals surface area contributed by atoms with Gasteiger partial charge in [-0.05, 0) is 43.9 Å². The van der Waals surface area contributed by atoms with Crippen LogP contribution in [0.5, 0.6) is 11.5 Å². The summed E-state index contributed by atoms with van der Waals surface area (Å²) in [7, 11) is 1.32. The average molecular weight is 345 g/mol. The minimum Gasteiger partial charge on any atom is -0.493 e. The number of carbonyl (C=O) groups excluding carboxylic acids is 1. The van der Waals surface area contributed by atoms with Gasteiger partial charge in [-0.25, -0.2) is 0 Å². The lowest BCUT2D eigenvalue weighted by Gasteiger charge is -2.24. The minimum absolute atomic E-state index is 0.0651. The third-order valence-electron chi connectivity index (χ3n) is 3.53. The molecule has 0 fully saturated rings. The maximum Gasteiger partial charge on any atom is 0.387 e. The van der Waals surface area contributed by atoms with Crippen molar-refractivity contribution >= 4 is 5.91 Å². The van der Waals surface area contributed by atoms with Crippen molar-refractivity contribution < 1.29 is 28.2 Å². The molecule has 0 saturated heterocycles. The maximum atomic E-state index is 12.4. The maximum absolute atomic E-state index is 12.4. The normalized spacial score (nSPS) is 13.7. The van der Waals surface area contributed by atoms with Crippen molar-refractivity contribution in [1.29, 1.82) is 0 Å². The van der Waals surface area contributed by atoms with Crippen LogP contribution in [0.3, 0.4) is 0 Å². The van der Waals surface area contributed by atoms with Crippen molar-refractivity contribution in [2.24, 2.45) is 5.92 Å². The highest BCUT2D eigenvalue weighted by Gasteiger charge is 2.22. The molecule has 7 heteroatoms. The molecular weight excluding hydrogens is 320 g/mol. The highest BCUT2D eigenvalue weighted by Crippen LogP contribution is 2.29. The standard InChI is InChI=1S/C17H25F2NO4/c1-11(2)7-8-17(3,22)10-20-15(21)12-5-6-13(23-4)14(9-12)24-16(18)19/h5-6,9,11,16,22H,7-8,10H2,1-4H3,(H,20,21)/t17-/m1/s1. The van der Waals surface area contributed by atoms with Crippen molar-refractivity contribution in [1.82, 2.24) is 5.32 Å². The van der Waals surface area contributed by atoms with Gasteiger partial charge in [-0.3, -0.25) is 4.79 Å². The number of alkyl halides is 2. The molecule has 1 aromatic rings. The van der Waals surface area contributed by atoms with E-state index in [4.69, 9.17) is 4.74 Å². The predicted molar refractivity (Wildman–Crippen MR) is 86.7 cm³/mol. The molecule has 0 aliphatic carbocycles. The quantitative estimate of drug-likeness (QED) is 0.721. The molecule has 1 aromatic carbocycles. The van der Waals surface area contributed by atoms with Gasteiger partial charge in [0.15, 0.2) is 11.5 Å². The first-order valence-electron chi connectivity index (χ1n) is 7.78. The zero-order valence-corrected chi connectivity index (χ0v) is 14.4. The van der Waals surface area contributed by atoms with Gasteiger partial charge < -0.3 is 19.9 Å². The monoisotopic (exact) mass is 345 g/mol. The van der Waals surface area contributed by atoms with E-state index in [0.717, 1.165) is 6.42 Å². The molecule has 136 valence electrons. The van der Waals surface area contributed by atoms with Crippen molar-refractivity contribution in [3.63, 3.8) is 0 Å². The second kappa shape index (κ2) is 8.82. The zero-order chi connectivity index (χ0) is 18.3. The van der Waals surface area contributed by atoms with Crippen LogP contribution in [-0.4, -0.2) is 36.9 Å². The van der Waals surface area contributed by atoms with Gasteiger partial charge >= 0.3 is 6.61 Å². The van der Waals surface area contributed by atoms with Crippen molar-refractivity contribution in [3.8, 4) is 11.5 Å². The van der Waals surface area contributed by atoms with E-state index >= 15 is 0 Å². The van der Waals surface area contributed by atoms with Crippen molar-refractivity contribution in [2.45, 2.75) is 45.8 Å². The molecule has 1 amide bonds. The number of methoxy groups -OCH3 is 1. The summed E-state index contributed by atoms with van der Waals surface area (Å²) in [4.78, 5) is 12.2. The van der Waals surface area contributed by atoms with Crippen LogP contribution in [0, 0.1) is 5.92 Å². The number of aliphatic hydroxyl groups is 1. The van der Waals surface area contributed by atoms with E-state index in [9.17, 15) is 18.7 Å². The number of carbonyl (C=O) groups is 1. The number of amides is 1. The number of nitrogens with one attached hydrogen (secondary N) is 1. The summed E-state index contributed by atoms with van der Waals surface area (Å²) in [5, 5.41) is 12.9. The lowest BCUT2D eigenvalue weighted by atomic mass is 9.95. The molecule has 0 spiro atoms. The summed E-state index contributed by atoms with van der Waals surface area (Å²) < 4.78 is 34.1. The fraction of sp³-hybridized carbons (Fsp3) is 0.588. The first kappa shape index (κ1) is 20.2. The van der Waals surface area contributed by atoms with Crippen LogP contribution in [0.4, 0.5) is 8.78 Å². The first-order chi connectivity index (χ1) is 11.1. The molecule has 0 aromatic heterocycles.